The topological polar surface area (TPSA) is 77.8 Å². The van der Waals surface area contributed by atoms with Crippen molar-refractivity contribution in [3.8, 4) is 0 Å². The minimum atomic E-state index is -4.28. The van der Waals surface area contributed by atoms with Gasteiger partial charge in [-0.3, -0.25) is 0 Å². The number of nitrogens with zero attached hydrogens (tertiary/aromatic N) is 1. The molecule has 8 heteroatoms. The number of carbonyl (C=O) groups is 2. The molecule has 0 amide bonds. The van der Waals surface area contributed by atoms with E-state index in [0.717, 1.165) is 25.1 Å². The molecular formula is C31H38F3NO4. The maximum absolute atomic E-state index is 13.0. The first-order valence-corrected chi connectivity index (χ1v) is 13.7. The van der Waals surface area contributed by atoms with Crippen molar-refractivity contribution in [1.82, 2.24) is 4.90 Å². The van der Waals surface area contributed by atoms with Crippen LogP contribution in [0.3, 0.4) is 0 Å². The van der Waals surface area contributed by atoms with Crippen LogP contribution in [-0.2, 0) is 15.8 Å². The number of carboxylic acid groups (broad SMARTS) is 2. The molecule has 0 saturated carbocycles. The Morgan fingerprint density at radius 3 is 2.13 bits per heavy atom. The number of halogens is 3. The average Bonchev–Trinajstić information content (AvgIpc) is 2.91. The molecule has 1 saturated heterocycles. The molecular weight excluding hydrogens is 507 g/mol. The third-order valence-corrected chi connectivity index (χ3v) is 7.74. The number of benzene rings is 2. The van der Waals surface area contributed by atoms with Crippen LogP contribution in [0.25, 0.3) is 0 Å². The zero-order valence-corrected chi connectivity index (χ0v) is 22.4. The zero-order valence-electron chi connectivity index (χ0n) is 22.4. The van der Waals surface area contributed by atoms with Gasteiger partial charge < -0.3 is 15.1 Å². The van der Waals surface area contributed by atoms with E-state index in [1.165, 1.54) is 68.3 Å². The molecule has 0 aromatic heterocycles. The Hall–Kier alpha value is -3.13. The van der Waals surface area contributed by atoms with Crippen molar-refractivity contribution in [3.63, 3.8) is 0 Å². The lowest BCUT2D eigenvalue weighted by Gasteiger charge is -2.45. The normalized spacial score (nSPS) is 21.0. The van der Waals surface area contributed by atoms with E-state index in [4.69, 9.17) is 10.2 Å². The maximum atomic E-state index is 13.0. The van der Waals surface area contributed by atoms with Crippen LogP contribution in [0.5, 0.6) is 0 Å². The highest BCUT2D eigenvalue weighted by atomic mass is 19.4. The minimum Gasteiger partial charge on any atom is -0.478 e. The van der Waals surface area contributed by atoms with Crippen LogP contribution in [0.2, 0.25) is 0 Å². The second-order valence-electron chi connectivity index (χ2n) is 10.4. The first-order chi connectivity index (χ1) is 18.6. The van der Waals surface area contributed by atoms with Gasteiger partial charge in [-0.25, -0.2) is 9.59 Å². The van der Waals surface area contributed by atoms with Crippen molar-refractivity contribution < 1.29 is 33.0 Å². The lowest BCUT2D eigenvalue weighted by molar-refractivity contribution is -0.137. The van der Waals surface area contributed by atoms with Gasteiger partial charge in [0.2, 0.25) is 0 Å². The molecule has 3 atom stereocenters. The van der Waals surface area contributed by atoms with Crippen molar-refractivity contribution in [1.29, 1.82) is 0 Å². The van der Waals surface area contributed by atoms with Gasteiger partial charge in [-0.1, -0.05) is 69.0 Å². The number of aliphatic carboxylic acids is 2. The predicted octanol–water partition coefficient (Wildman–Crippen LogP) is 7.33. The Morgan fingerprint density at radius 2 is 1.54 bits per heavy atom. The number of piperidine rings is 1. The third-order valence-electron chi connectivity index (χ3n) is 7.74. The maximum Gasteiger partial charge on any atom is 0.416 e. The molecule has 5 nitrogen and oxygen atoms in total. The van der Waals surface area contributed by atoms with Crippen LogP contribution >= 0.6 is 0 Å². The number of hydrogen-bond acceptors (Lipinski definition) is 3. The largest absolute Gasteiger partial charge is 0.478 e. The smallest absolute Gasteiger partial charge is 0.416 e. The Kier molecular flexibility index (Phi) is 11.2. The summed E-state index contributed by atoms with van der Waals surface area (Å²) in [6.45, 7) is 5.71. The monoisotopic (exact) mass is 545 g/mol. The van der Waals surface area contributed by atoms with Gasteiger partial charge in [0.25, 0.3) is 0 Å². The molecule has 212 valence electrons. The van der Waals surface area contributed by atoms with E-state index in [0.29, 0.717) is 24.0 Å². The second kappa shape index (κ2) is 14.3. The lowest BCUT2D eigenvalue weighted by Crippen LogP contribution is -2.42. The summed E-state index contributed by atoms with van der Waals surface area (Å²) in [6, 6.07) is 14.5. The van der Waals surface area contributed by atoms with E-state index in [1.54, 1.807) is 12.1 Å². The van der Waals surface area contributed by atoms with Gasteiger partial charge in [0.1, 0.15) is 0 Å². The molecule has 1 heterocycles. The van der Waals surface area contributed by atoms with Crippen LogP contribution in [0.15, 0.2) is 60.7 Å². The molecule has 39 heavy (non-hydrogen) atoms. The summed E-state index contributed by atoms with van der Waals surface area (Å²) in [5.41, 5.74) is 3.18. The predicted molar refractivity (Wildman–Crippen MR) is 145 cm³/mol. The summed E-state index contributed by atoms with van der Waals surface area (Å²) in [5.74, 6) is -1.16. The van der Waals surface area contributed by atoms with Gasteiger partial charge in [0.05, 0.1) is 5.56 Å². The Balaban J connectivity index is 0.000000459. The van der Waals surface area contributed by atoms with Crippen molar-refractivity contribution in [2.24, 2.45) is 5.92 Å². The number of alkyl halides is 3. The molecule has 0 radical (unpaired) electrons. The van der Waals surface area contributed by atoms with Crippen LogP contribution < -0.4 is 0 Å². The standard InChI is InChI=1S/C27H34F3N.C4H4O4/c1-2-3-4-5-8-16-31-17-15-21-18-25(20-11-13-22(14-12-20)27(28,29)30)23-9-6-7-10-24(23)26(21)19-31;5-3(6)1-2-4(7)8/h6-7,9-14,21,25-26H,2-5,8,15-19H2,1H3;1-2H,(H,5,6)(H,7,8)/b;2-1-. The Morgan fingerprint density at radius 1 is 0.923 bits per heavy atom. The summed E-state index contributed by atoms with van der Waals surface area (Å²) in [7, 11) is 0. The number of hydrogen-bond donors (Lipinski definition) is 2. The SMILES string of the molecule is CCCCCCCN1CCC2CC(c3ccc(C(F)(F)F)cc3)c3ccccc3C2C1.O=C(O)/C=C\C(=O)O. The number of rotatable bonds is 9. The molecule has 3 unspecified atom stereocenters. The average molecular weight is 546 g/mol. The van der Waals surface area contributed by atoms with Crippen LogP contribution in [0.4, 0.5) is 13.2 Å². The molecule has 1 aliphatic carbocycles. The molecule has 2 aliphatic rings. The van der Waals surface area contributed by atoms with Crippen molar-refractivity contribution in [2.45, 2.75) is 69.9 Å². The van der Waals surface area contributed by atoms with Gasteiger partial charge in [-0.2, -0.15) is 13.2 Å². The second-order valence-corrected chi connectivity index (χ2v) is 10.4. The Bertz CT molecular complexity index is 1100. The fraction of sp³-hybridized carbons (Fsp3) is 0.484. The number of likely N-dealkylation sites (tertiary alicyclic amines) is 1. The molecule has 4 rings (SSSR count). The van der Waals surface area contributed by atoms with Crippen molar-refractivity contribution in [3.05, 3.63) is 82.9 Å². The Labute approximate surface area is 228 Å². The fourth-order valence-corrected chi connectivity index (χ4v) is 5.80. The number of carboxylic acids is 2. The van der Waals surface area contributed by atoms with Crippen LogP contribution in [-0.4, -0.2) is 46.7 Å². The summed E-state index contributed by atoms with van der Waals surface area (Å²) < 4.78 is 39.0. The van der Waals surface area contributed by atoms with E-state index in [9.17, 15) is 22.8 Å². The molecule has 2 aromatic rings. The van der Waals surface area contributed by atoms with E-state index < -0.39 is 23.7 Å². The van der Waals surface area contributed by atoms with E-state index in [2.05, 4.69) is 36.1 Å². The third kappa shape index (κ3) is 8.95. The first-order valence-electron chi connectivity index (χ1n) is 13.7. The summed E-state index contributed by atoms with van der Waals surface area (Å²) in [5, 5.41) is 15.6. The van der Waals surface area contributed by atoms with Crippen LogP contribution in [0, 0.1) is 5.92 Å². The van der Waals surface area contributed by atoms with Gasteiger partial charge in [-0.15, -0.1) is 0 Å². The molecule has 0 bridgehead atoms. The lowest BCUT2D eigenvalue weighted by atomic mass is 9.66. The zero-order chi connectivity index (χ0) is 28.4. The van der Waals surface area contributed by atoms with Gasteiger partial charge in [-0.05, 0) is 73.0 Å². The highest BCUT2D eigenvalue weighted by molar-refractivity contribution is 5.89. The van der Waals surface area contributed by atoms with Gasteiger partial charge >= 0.3 is 18.1 Å². The number of unbranched alkanes of at least 4 members (excludes halogenated alkanes) is 4. The highest BCUT2D eigenvalue weighted by Crippen LogP contribution is 2.48. The fourth-order valence-electron chi connectivity index (χ4n) is 5.80. The number of fused-ring (bicyclic) bond motifs is 3. The van der Waals surface area contributed by atoms with Gasteiger partial charge in [0.15, 0.2) is 0 Å². The molecule has 1 aliphatic heterocycles. The highest BCUT2D eigenvalue weighted by Gasteiger charge is 2.39. The van der Waals surface area contributed by atoms with Crippen LogP contribution in [0.1, 0.15) is 86.0 Å². The van der Waals surface area contributed by atoms with E-state index in [-0.39, 0.29) is 5.92 Å². The molecule has 2 N–H and O–H groups in total. The van der Waals surface area contributed by atoms with E-state index in [1.807, 2.05) is 0 Å². The first kappa shape index (κ1) is 30.4. The summed E-state index contributed by atoms with van der Waals surface area (Å²) >= 11 is 0. The van der Waals surface area contributed by atoms with E-state index >= 15 is 0 Å². The van der Waals surface area contributed by atoms with Gasteiger partial charge in [0, 0.05) is 24.6 Å². The quantitative estimate of drug-likeness (QED) is 0.255. The van der Waals surface area contributed by atoms with Crippen molar-refractivity contribution >= 4 is 11.9 Å². The summed E-state index contributed by atoms with van der Waals surface area (Å²) in [4.78, 5) is 21.7. The molecule has 2 aromatic carbocycles. The van der Waals surface area contributed by atoms with Crippen molar-refractivity contribution in [2.75, 3.05) is 19.6 Å². The summed E-state index contributed by atoms with van der Waals surface area (Å²) in [6.07, 6.45) is 5.63. The molecule has 0 spiro atoms. The molecule has 1 fully saturated rings. The minimum absolute atomic E-state index is 0.195.